The molecule has 3 aromatic heterocycles. The van der Waals surface area contributed by atoms with Crippen molar-refractivity contribution in [3.05, 3.63) is 86.8 Å². The summed E-state index contributed by atoms with van der Waals surface area (Å²) >= 11 is 0. The van der Waals surface area contributed by atoms with Crippen LogP contribution in [-0.4, -0.2) is 0 Å². The summed E-state index contributed by atoms with van der Waals surface area (Å²) in [6.45, 7) is 2.00. The molecule has 5 rings (SSSR count). The van der Waals surface area contributed by atoms with E-state index in [0.29, 0.717) is 22.3 Å². The van der Waals surface area contributed by atoms with Crippen LogP contribution in [0.1, 0.15) is 11.1 Å². The van der Waals surface area contributed by atoms with E-state index in [1.807, 2.05) is 31.2 Å². The molecule has 0 atom stereocenters. The average Bonchev–Trinajstić information content (AvgIpc) is 3.12. The second-order valence-electron chi connectivity index (χ2n) is 6.63. The van der Waals surface area contributed by atoms with Crippen molar-refractivity contribution in [2.75, 3.05) is 0 Å². The van der Waals surface area contributed by atoms with E-state index < -0.39 is 11.3 Å². The van der Waals surface area contributed by atoms with Crippen LogP contribution in [0.3, 0.4) is 0 Å². The van der Waals surface area contributed by atoms with Gasteiger partial charge in [0, 0.05) is 33.9 Å². The lowest BCUT2D eigenvalue weighted by Gasteiger charge is -2.09. The Kier molecular flexibility index (Phi) is 3.58. The maximum atomic E-state index is 12.3. The number of hydrogen-bond donors (Lipinski definition) is 0. The van der Waals surface area contributed by atoms with E-state index in [9.17, 15) is 9.59 Å². The normalized spacial score (nSPS) is 11.5. The number of ether oxygens (including phenoxy) is 1. The Bertz CT molecular complexity index is 1470. The highest BCUT2D eigenvalue weighted by Crippen LogP contribution is 2.26. The van der Waals surface area contributed by atoms with Gasteiger partial charge in [0.2, 0.25) is 5.75 Å². The van der Waals surface area contributed by atoms with E-state index in [1.54, 1.807) is 24.5 Å². The Morgan fingerprint density at radius 1 is 0.857 bits per heavy atom. The molecule has 0 aliphatic carbocycles. The first-order valence-electron chi connectivity index (χ1n) is 8.68. The first-order chi connectivity index (χ1) is 13.6. The Labute approximate surface area is 157 Å². The van der Waals surface area contributed by atoms with E-state index >= 15 is 0 Å². The zero-order valence-corrected chi connectivity index (χ0v) is 14.9. The molecule has 0 aliphatic rings. The van der Waals surface area contributed by atoms with Crippen molar-refractivity contribution in [1.82, 2.24) is 0 Å². The number of fused-ring (bicyclic) bond motifs is 3. The summed E-state index contributed by atoms with van der Waals surface area (Å²) in [6, 6.07) is 13.9. The molecule has 0 saturated heterocycles. The molecule has 0 spiro atoms. The molecule has 0 aliphatic heterocycles. The van der Waals surface area contributed by atoms with Crippen molar-refractivity contribution in [2.45, 2.75) is 13.5 Å². The van der Waals surface area contributed by atoms with Crippen LogP contribution in [0.25, 0.3) is 32.9 Å². The molecule has 3 heterocycles. The number of rotatable bonds is 3. The Morgan fingerprint density at radius 2 is 1.75 bits per heavy atom. The molecule has 2 aromatic carbocycles. The molecule has 5 aromatic rings. The summed E-state index contributed by atoms with van der Waals surface area (Å²) in [5.74, 6) is 0.0864. The minimum atomic E-state index is -0.586. The predicted molar refractivity (Wildman–Crippen MR) is 104 cm³/mol. The highest BCUT2D eigenvalue weighted by Gasteiger charge is 2.12. The monoisotopic (exact) mass is 374 g/mol. The summed E-state index contributed by atoms with van der Waals surface area (Å²) in [7, 11) is 0. The molecule has 0 fully saturated rings. The third-order valence-corrected chi connectivity index (χ3v) is 4.60. The van der Waals surface area contributed by atoms with Gasteiger partial charge < -0.3 is 18.0 Å². The zero-order valence-electron chi connectivity index (χ0n) is 14.9. The number of hydrogen-bond acceptors (Lipinski definition) is 6. The lowest BCUT2D eigenvalue weighted by molar-refractivity contribution is 0.290. The second kappa shape index (κ2) is 6.13. The molecule has 28 heavy (non-hydrogen) atoms. The summed E-state index contributed by atoms with van der Waals surface area (Å²) in [5.41, 5.74) is 2.16. The fourth-order valence-corrected chi connectivity index (χ4v) is 3.34. The Hall–Kier alpha value is -3.80. The minimum absolute atomic E-state index is 0.0648. The van der Waals surface area contributed by atoms with Gasteiger partial charge in [0.05, 0.1) is 6.26 Å². The van der Waals surface area contributed by atoms with E-state index in [4.69, 9.17) is 18.0 Å². The van der Waals surface area contributed by atoms with Gasteiger partial charge in [-0.25, -0.2) is 9.59 Å². The number of furan rings is 1. The average molecular weight is 374 g/mol. The van der Waals surface area contributed by atoms with E-state index in [2.05, 4.69) is 0 Å². The van der Waals surface area contributed by atoms with Gasteiger partial charge in [-0.2, -0.15) is 0 Å². The molecular weight excluding hydrogens is 360 g/mol. The zero-order chi connectivity index (χ0) is 19.3. The summed E-state index contributed by atoms with van der Waals surface area (Å²) in [4.78, 5) is 23.9. The van der Waals surface area contributed by atoms with Crippen molar-refractivity contribution < 1.29 is 18.0 Å². The quantitative estimate of drug-likeness (QED) is 0.431. The molecule has 0 saturated carbocycles. The van der Waals surface area contributed by atoms with Crippen molar-refractivity contribution >= 4 is 32.9 Å². The summed E-state index contributed by atoms with van der Waals surface area (Å²) in [5, 5.41) is 2.42. The number of aryl methyl sites for hydroxylation is 1. The molecule has 6 nitrogen and oxygen atoms in total. The Balaban J connectivity index is 1.55. The molecular formula is C22H14O6. The molecule has 0 bridgehead atoms. The van der Waals surface area contributed by atoms with Crippen LogP contribution in [0.5, 0.6) is 5.75 Å². The lowest BCUT2D eigenvalue weighted by Crippen LogP contribution is -2.08. The largest absolute Gasteiger partial charge is 0.481 e. The van der Waals surface area contributed by atoms with Crippen molar-refractivity contribution in [3.8, 4) is 5.75 Å². The van der Waals surface area contributed by atoms with E-state index in [0.717, 1.165) is 21.7 Å². The van der Waals surface area contributed by atoms with Gasteiger partial charge in [-0.3, -0.25) is 0 Å². The first kappa shape index (κ1) is 16.4. The minimum Gasteiger partial charge on any atom is -0.481 e. The van der Waals surface area contributed by atoms with Crippen LogP contribution < -0.4 is 16.0 Å². The van der Waals surface area contributed by atoms with Gasteiger partial charge in [0.1, 0.15) is 23.4 Å². The van der Waals surface area contributed by atoms with Gasteiger partial charge in [-0.05, 0) is 48.9 Å². The maximum Gasteiger partial charge on any atom is 0.379 e. The van der Waals surface area contributed by atoms with Crippen LogP contribution in [-0.2, 0) is 6.61 Å². The van der Waals surface area contributed by atoms with Crippen molar-refractivity contribution in [1.29, 1.82) is 0 Å². The highest BCUT2D eigenvalue weighted by molar-refractivity contribution is 5.93. The van der Waals surface area contributed by atoms with Gasteiger partial charge >= 0.3 is 11.3 Å². The molecule has 0 N–H and O–H groups in total. The van der Waals surface area contributed by atoms with Gasteiger partial charge in [-0.15, -0.1) is 0 Å². The highest BCUT2D eigenvalue weighted by atomic mass is 16.5. The smallest absolute Gasteiger partial charge is 0.379 e. The van der Waals surface area contributed by atoms with Gasteiger partial charge in [-0.1, -0.05) is 0 Å². The van der Waals surface area contributed by atoms with E-state index in [-0.39, 0.29) is 12.4 Å². The lowest BCUT2D eigenvalue weighted by atomic mass is 10.1. The summed E-state index contributed by atoms with van der Waals surface area (Å²) in [6.07, 6.45) is 1.58. The number of benzene rings is 2. The van der Waals surface area contributed by atoms with Crippen molar-refractivity contribution in [2.24, 2.45) is 0 Å². The first-order valence-corrected chi connectivity index (χ1v) is 8.68. The maximum absolute atomic E-state index is 12.3. The molecule has 138 valence electrons. The molecule has 0 unspecified atom stereocenters. The third kappa shape index (κ3) is 2.75. The van der Waals surface area contributed by atoms with Gasteiger partial charge in [0.15, 0.2) is 0 Å². The fourth-order valence-electron chi connectivity index (χ4n) is 3.34. The predicted octanol–water partition coefficient (Wildman–Crippen LogP) is 4.53. The topological polar surface area (TPSA) is 82.8 Å². The third-order valence-electron chi connectivity index (χ3n) is 4.60. The molecule has 0 radical (unpaired) electrons. The van der Waals surface area contributed by atoms with Crippen LogP contribution in [0.15, 0.2) is 77.6 Å². The van der Waals surface area contributed by atoms with Crippen molar-refractivity contribution in [3.63, 3.8) is 0 Å². The van der Waals surface area contributed by atoms with Crippen LogP contribution in [0.4, 0.5) is 0 Å². The summed E-state index contributed by atoms with van der Waals surface area (Å²) < 4.78 is 21.8. The van der Waals surface area contributed by atoms with E-state index in [1.165, 1.54) is 6.07 Å². The van der Waals surface area contributed by atoms with Crippen LogP contribution in [0.2, 0.25) is 0 Å². The van der Waals surface area contributed by atoms with Gasteiger partial charge in [0.25, 0.3) is 0 Å². The van der Waals surface area contributed by atoms with Crippen LogP contribution >= 0.6 is 0 Å². The SMILES string of the molecule is Cc1cc(COc2cc3cc4ccoc4cc3oc2=O)c2oc(=O)ccc2c1. The second-order valence-corrected chi connectivity index (χ2v) is 6.63. The molecule has 6 heteroatoms. The Morgan fingerprint density at radius 3 is 2.64 bits per heavy atom. The van der Waals surface area contributed by atoms with Crippen LogP contribution in [0, 0.1) is 6.92 Å². The fraction of sp³-hybridized carbons (Fsp3) is 0.0909. The standard InChI is InChI=1S/C22H14O6/c1-12-6-14-2-3-20(23)28-21(14)16(7-12)11-26-19-9-15-8-13-4-5-25-17(13)10-18(15)27-22(19)24/h2-10H,11H2,1H3. The molecule has 0 amide bonds.